The Morgan fingerprint density at radius 1 is 0.911 bits per heavy atom. The SMILES string of the molecule is CC(=O)O[C@H]1C(=O)[C@@]2(C)C(C(OC(=O)c3ccccc3)[C@]3(O)C[C@H](OC(=O)[C@H](O)CNC(=O)c4ccccc4)C(C)=C1C3(C)C)[C@]1(OC(C)=O)CO[C@@H]1C[C@@H]2O. The standard InChI is InChI=1S/C41H47NO14/c1-21-27(54-37(50)26(45)19-42-35(48)24-13-9-7-10-14-24)18-41(51)34(55-36(49)25-15-11-8-12-16-25)32-39(6,28(46)17-29-40(32,20-52-29)56-23(3)44)33(47)31(53-22(2)43)30(21)38(41,4)5/h7-16,26-29,31-32,34,45-46,51H,17-20H2,1-6H3,(H,42,48)/t26-,27+,28+,29-,31-,32?,34?,39-,40+,41-/m1/s1. The van der Waals surface area contributed by atoms with Crippen LogP contribution >= 0.6 is 0 Å². The van der Waals surface area contributed by atoms with Crippen LogP contribution in [-0.4, -0.2) is 112 Å². The lowest BCUT2D eigenvalue weighted by molar-refractivity contribution is -0.346. The molecule has 2 unspecified atom stereocenters. The van der Waals surface area contributed by atoms with Crippen molar-refractivity contribution in [2.45, 2.75) is 102 Å². The van der Waals surface area contributed by atoms with Crippen LogP contribution in [0.1, 0.15) is 75.1 Å². The van der Waals surface area contributed by atoms with Gasteiger partial charge < -0.3 is 44.3 Å². The number of ether oxygens (including phenoxy) is 5. The molecule has 0 aromatic heterocycles. The molecule has 1 saturated heterocycles. The van der Waals surface area contributed by atoms with Gasteiger partial charge in [-0.15, -0.1) is 0 Å². The number of carbonyl (C=O) groups excluding carboxylic acids is 6. The van der Waals surface area contributed by atoms with Crippen LogP contribution in [0.5, 0.6) is 0 Å². The molecule has 10 atom stereocenters. The number of nitrogens with one attached hydrogen (secondary N) is 1. The van der Waals surface area contributed by atoms with Crippen LogP contribution in [0.15, 0.2) is 71.8 Å². The smallest absolute Gasteiger partial charge is 0.338 e. The van der Waals surface area contributed by atoms with Gasteiger partial charge in [0.05, 0.1) is 36.2 Å². The second-order valence-corrected chi connectivity index (χ2v) is 15.8. The second-order valence-electron chi connectivity index (χ2n) is 15.8. The maximum atomic E-state index is 15.3. The van der Waals surface area contributed by atoms with Crippen molar-refractivity contribution >= 4 is 35.6 Å². The minimum atomic E-state index is -2.35. The summed E-state index contributed by atoms with van der Waals surface area (Å²) in [7, 11) is 0. The van der Waals surface area contributed by atoms with Gasteiger partial charge in [0.2, 0.25) is 0 Å². The summed E-state index contributed by atoms with van der Waals surface area (Å²) in [4.78, 5) is 81.2. The predicted molar refractivity (Wildman–Crippen MR) is 193 cm³/mol. The summed E-state index contributed by atoms with van der Waals surface area (Å²) in [6.45, 7) is 7.42. The Balaban J connectivity index is 1.50. The summed E-state index contributed by atoms with van der Waals surface area (Å²) in [5.41, 5.74) is -7.19. The normalized spacial score (nSPS) is 33.5. The number of amides is 1. The second kappa shape index (κ2) is 14.8. The van der Waals surface area contributed by atoms with Crippen molar-refractivity contribution < 1.29 is 67.8 Å². The fourth-order valence-corrected chi connectivity index (χ4v) is 9.20. The molecule has 2 bridgehead atoms. The van der Waals surface area contributed by atoms with Crippen LogP contribution in [-0.2, 0) is 42.9 Å². The number of hydrogen-bond acceptors (Lipinski definition) is 14. The number of benzene rings is 2. The molecule has 0 spiro atoms. The van der Waals surface area contributed by atoms with Gasteiger partial charge in [0.25, 0.3) is 5.91 Å². The molecule has 6 rings (SSSR count). The molecule has 15 heteroatoms. The van der Waals surface area contributed by atoms with E-state index < -0.39 is 113 Å². The predicted octanol–water partition coefficient (Wildman–Crippen LogP) is 1.99. The molecule has 1 amide bonds. The zero-order valence-electron chi connectivity index (χ0n) is 32.0. The number of aliphatic hydroxyl groups excluding tert-OH is 2. The Bertz CT molecular complexity index is 1950. The topological polar surface area (TPSA) is 221 Å². The average Bonchev–Trinajstić information content (AvgIpc) is 3.15. The fourth-order valence-electron chi connectivity index (χ4n) is 9.20. The highest BCUT2D eigenvalue weighted by atomic mass is 16.6. The molecule has 4 N–H and O–H groups in total. The van der Waals surface area contributed by atoms with E-state index in [1.165, 1.54) is 26.0 Å². The molecular formula is C41H47NO14. The van der Waals surface area contributed by atoms with Gasteiger partial charge in [0.15, 0.2) is 23.6 Å². The van der Waals surface area contributed by atoms with E-state index in [4.69, 9.17) is 23.7 Å². The third-order valence-electron chi connectivity index (χ3n) is 12.2. The molecule has 300 valence electrons. The zero-order valence-corrected chi connectivity index (χ0v) is 32.0. The Morgan fingerprint density at radius 2 is 1.52 bits per heavy atom. The number of esters is 4. The number of aliphatic hydroxyl groups is 3. The average molecular weight is 778 g/mol. The summed E-state index contributed by atoms with van der Waals surface area (Å²) in [5.74, 6) is -6.71. The third kappa shape index (κ3) is 6.59. The molecule has 2 aromatic carbocycles. The highest BCUT2D eigenvalue weighted by Gasteiger charge is 2.78. The molecule has 4 aliphatic rings. The molecule has 0 radical (unpaired) electrons. The number of fused-ring (bicyclic) bond motifs is 5. The fraction of sp³-hybridized carbons (Fsp3) is 0.512. The van der Waals surface area contributed by atoms with Gasteiger partial charge in [-0.3, -0.25) is 19.2 Å². The van der Waals surface area contributed by atoms with Crippen molar-refractivity contribution in [2.24, 2.45) is 16.7 Å². The summed E-state index contributed by atoms with van der Waals surface area (Å²) in [5, 5.41) is 38.7. The number of Topliss-reactive ketones (excluding diaryl/α,β-unsaturated/α-hetero) is 1. The van der Waals surface area contributed by atoms with Gasteiger partial charge in [-0.1, -0.05) is 50.2 Å². The van der Waals surface area contributed by atoms with E-state index in [2.05, 4.69) is 5.32 Å². The van der Waals surface area contributed by atoms with Gasteiger partial charge in [0, 0.05) is 37.7 Å². The Labute approximate surface area is 323 Å². The monoisotopic (exact) mass is 777 g/mol. The van der Waals surface area contributed by atoms with Crippen LogP contribution in [0, 0.1) is 16.7 Å². The van der Waals surface area contributed by atoms with Crippen LogP contribution < -0.4 is 5.32 Å². The maximum absolute atomic E-state index is 15.3. The summed E-state index contributed by atoms with van der Waals surface area (Å²) in [6, 6.07) is 15.9. The molecule has 2 saturated carbocycles. The number of carbonyl (C=O) groups is 6. The van der Waals surface area contributed by atoms with Crippen molar-refractivity contribution in [1.29, 1.82) is 0 Å². The zero-order chi connectivity index (χ0) is 41.0. The number of ketones is 1. The number of rotatable bonds is 9. The molecule has 56 heavy (non-hydrogen) atoms. The summed E-state index contributed by atoms with van der Waals surface area (Å²) in [6.07, 6.45) is -10.2. The van der Waals surface area contributed by atoms with Crippen LogP contribution in [0.2, 0.25) is 0 Å². The van der Waals surface area contributed by atoms with Crippen molar-refractivity contribution in [3.63, 3.8) is 0 Å². The van der Waals surface area contributed by atoms with Crippen LogP contribution in [0.25, 0.3) is 0 Å². The molecule has 3 aliphatic carbocycles. The van der Waals surface area contributed by atoms with Crippen molar-refractivity contribution in [2.75, 3.05) is 13.2 Å². The van der Waals surface area contributed by atoms with Gasteiger partial charge in [-0.25, -0.2) is 9.59 Å². The highest BCUT2D eigenvalue weighted by Crippen LogP contribution is 2.64. The molecular weight excluding hydrogens is 730 g/mol. The lowest BCUT2D eigenvalue weighted by atomic mass is 9.44. The van der Waals surface area contributed by atoms with Crippen LogP contribution in [0.3, 0.4) is 0 Å². The lowest BCUT2D eigenvalue weighted by Gasteiger charge is -2.67. The molecule has 1 aliphatic heterocycles. The van der Waals surface area contributed by atoms with E-state index in [-0.39, 0.29) is 35.3 Å². The lowest BCUT2D eigenvalue weighted by Crippen LogP contribution is -2.82. The van der Waals surface area contributed by atoms with E-state index in [9.17, 15) is 39.3 Å². The number of hydrogen-bond donors (Lipinski definition) is 4. The van der Waals surface area contributed by atoms with Crippen molar-refractivity contribution in [3.8, 4) is 0 Å². The summed E-state index contributed by atoms with van der Waals surface area (Å²) < 4.78 is 29.8. The highest BCUT2D eigenvalue weighted by molar-refractivity contribution is 5.96. The molecule has 15 nitrogen and oxygen atoms in total. The first kappa shape index (κ1) is 40.7. The van der Waals surface area contributed by atoms with Gasteiger partial charge >= 0.3 is 23.9 Å². The maximum Gasteiger partial charge on any atom is 0.338 e. The van der Waals surface area contributed by atoms with E-state index in [0.717, 1.165) is 13.8 Å². The van der Waals surface area contributed by atoms with E-state index >= 15 is 4.79 Å². The minimum Gasteiger partial charge on any atom is -0.456 e. The van der Waals surface area contributed by atoms with E-state index in [1.807, 2.05) is 0 Å². The first-order chi connectivity index (χ1) is 26.3. The molecule has 2 aromatic rings. The largest absolute Gasteiger partial charge is 0.456 e. The molecule has 1 heterocycles. The Hall–Kier alpha value is -4.96. The van der Waals surface area contributed by atoms with Gasteiger partial charge in [-0.2, -0.15) is 0 Å². The van der Waals surface area contributed by atoms with Gasteiger partial charge in [-0.05, 0) is 49.3 Å². The Morgan fingerprint density at radius 3 is 2.07 bits per heavy atom. The van der Waals surface area contributed by atoms with Crippen LogP contribution in [0.4, 0.5) is 0 Å². The van der Waals surface area contributed by atoms with E-state index in [0.29, 0.717) is 0 Å². The first-order valence-corrected chi connectivity index (χ1v) is 18.4. The quantitative estimate of drug-likeness (QED) is 0.163. The first-order valence-electron chi connectivity index (χ1n) is 18.4. The van der Waals surface area contributed by atoms with Crippen molar-refractivity contribution in [1.82, 2.24) is 5.32 Å². The van der Waals surface area contributed by atoms with Gasteiger partial charge in [0.1, 0.15) is 23.9 Å². The van der Waals surface area contributed by atoms with Crippen molar-refractivity contribution in [3.05, 3.63) is 82.9 Å². The summed E-state index contributed by atoms with van der Waals surface area (Å²) >= 11 is 0. The molecule has 3 fully saturated rings. The minimum absolute atomic E-state index is 0.0114. The third-order valence-corrected chi connectivity index (χ3v) is 12.2. The Kier molecular flexibility index (Phi) is 10.8. The van der Waals surface area contributed by atoms with E-state index in [1.54, 1.807) is 62.4 Å².